The Morgan fingerprint density at radius 3 is 2.58 bits per heavy atom. The maximum Gasteiger partial charge on any atom is 0.120 e. The van der Waals surface area contributed by atoms with Crippen molar-refractivity contribution in [1.82, 2.24) is 0 Å². The van der Waals surface area contributed by atoms with Gasteiger partial charge in [0.15, 0.2) is 0 Å². The van der Waals surface area contributed by atoms with E-state index in [0.29, 0.717) is 5.02 Å². The first-order valence-corrected chi connectivity index (χ1v) is 7.74. The second kappa shape index (κ2) is 6.43. The summed E-state index contributed by atoms with van der Waals surface area (Å²) in [7, 11) is 1.61. The van der Waals surface area contributed by atoms with Gasteiger partial charge in [0.05, 0.1) is 12.1 Å². The number of methoxy groups -OCH3 is 1. The van der Waals surface area contributed by atoms with Gasteiger partial charge in [0.25, 0.3) is 0 Å². The fraction of sp³-hybridized carbons (Fsp3) is 0.143. The van der Waals surface area contributed by atoms with Crippen molar-refractivity contribution in [2.24, 2.45) is 0 Å². The highest BCUT2D eigenvalue weighted by atomic mass is 127. The molecule has 19 heavy (non-hydrogen) atoms. The Morgan fingerprint density at radius 1 is 1.26 bits per heavy atom. The number of rotatable bonds is 3. The lowest BCUT2D eigenvalue weighted by Gasteiger charge is -2.15. The monoisotopic (exact) mass is 452 g/mol. The minimum absolute atomic E-state index is 0.641. The summed E-state index contributed by atoms with van der Waals surface area (Å²) in [5.41, 5.74) is 1.54. The first-order chi connectivity index (χ1) is 9.02. The van der Waals surface area contributed by atoms with Crippen molar-refractivity contribution in [3.63, 3.8) is 0 Å². The van der Waals surface area contributed by atoms with Gasteiger partial charge in [0.1, 0.15) is 11.9 Å². The molecule has 0 aromatic heterocycles. The number of hydrogen-bond acceptors (Lipinski definition) is 2. The van der Waals surface area contributed by atoms with Crippen LogP contribution in [-0.4, -0.2) is 12.2 Å². The van der Waals surface area contributed by atoms with Crippen LogP contribution in [0.5, 0.6) is 5.75 Å². The van der Waals surface area contributed by atoms with E-state index in [1.165, 1.54) is 0 Å². The Morgan fingerprint density at radius 2 is 2.00 bits per heavy atom. The average molecular weight is 454 g/mol. The van der Waals surface area contributed by atoms with Gasteiger partial charge in [-0.3, -0.25) is 0 Å². The average Bonchev–Trinajstić information content (AvgIpc) is 2.41. The third kappa shape index (κ3) is 3.42. The van der Waals surface area contributed by atoms with Gasteiger partial charge in [-0.05, 0) is 58.0 Å². The molecule has 0 aliphatic rings. The third-order valence-electron chi connectivity index (χ3n) is 2.76. The maximum atomic E-state index is 10.4. The fourth-order valence-corrected chi connectivity index (χ4v) is 2.82. The lowest BCUT2D eigenvalue weighted by Crippen LogP contribution is -2.01. The lowest BCUT2D eigenvalue weighted by atomic mass is 10.0. The molecule has 100 valence electrons. The van der Waals surface area contributed by atoms with Gasteiger partial charge in [-0.25, -0.2) is 0 Å². The minimum atomic E-state index is -0.727. The predicted molar refractivity (Wildman–Crippen MR) is 88.9 cm³/mol. The molecular weight excluding hydrogens is 442 g/mol. The molecular formula is C14H11BrClIO2. The van der Waals surface area contributed by atoms with Crippen molar-refractivity contribution in [1.29, 1.82) is 0 Å². The van der Waals surface area contributed by atoms with Gasteiger partial charge in [-0.2, -0.15) is 0 Å². The molecule has 2 rings (SSSR count). The van der Waals surface area contributed by atoms with E-state index in [1.807, 2.05) is 30.3 Å². The maximum absolute atomic E-state index is 10.4. The molecule has 1 atom stereocenters. The van der Waals surface area contributed by atoms with E-state index >= 15 is 0 Å². The van der Waals surface area contributed by atoms with Crippen LogP contribution in [0.3, 0.4) is 0 Å². The van der Waals surface area contributed by atoms with Crippen molar-refractivity contribution < 1.29 is 9.84 Å². The summed E-state index contributed by atoms with van der Waals surface area (Å²) in [6.07, 6.45) is -0.727. The molecule has 0 heterocycles. The number of aliphatic hydroxyl groups excluding tert-OH is 1. The van der Waals surface area contributed by atoms with E-state index in [0.717, 1.165) is 24.9 Å². The molecule has 0 aliphatic heterocycles. The van der Waals surface area contributed by atoms with E-state index in [4.69, 9.17) is 16.3 Å². The van der Waals surface area contributed by atoms with Crippen molar-refractivity contribution >= 4 is 50.1 Å². The molecule has 0 saturated carbocycles. The molecule has 2 aromatic rings. The van der Waals surface area contributed by atoms with Crippen LogP contribution in [0.1, 0.15) is 17.2 Å². The third-order valence-corrected chi connectivity index (χ3v) is 5.02. The van der Waals surface area contributed by atoms with Crippen LogP contribution in [0.2, 0.25) is 5.02 Å². The number of hydrogen-bond donors (Lipinski definition) is 1. The second-order valence-electron chi connectivity index (χ2n) is 3.96. The van der Waals surface area contributed by atoms with Crippen LogP contribution < -0.4 is 4.74 Å². The van der Waals surface area contributed by atoms with E-state index in [-0.39, 0.29) is 0 Å². The SMILES string of the molecule is COc1ccc(C(O)c2ccc(I)c(Cl)c2)c(Br)c1. The van der Waals surface area contributed by atoms with E-state index in [2.05, 4.69) is 38.5 Å². The van der Waals surface area contributed by atoms with Gasteiger partial charge >= 0.3 is 0 Å². The molecule has 0 bridgehead atoms. The Bertz CT molecular complexity index is 604. The Kier molecular flexibility index (Phi) is 5.11. The highest BCUT2D eigenvalue weighted by Crippen LogP contribution is 2.33. The molecule has 0 radical (unpaired) electrons. The molecule has 0 saturated heterocycles. The van der Waals surface area contributed by atoms with E-state index in [9.17, 15) is 5.11 Å². The summed E-state index contributed by atoms with van der Waals surface area (Å²) in [5.74, 6) is 0.739. The molecule has 1 N–H and O–H groups in total. The van der Waals surface area contributed by atoms with Crippen LogP contribution in [0.25, 0.3) is 0 Å². The number of aliphatic hydroxyl groups is 1. The summed E-state index contributed by atoms with van der Waals surface area (Å²) in [5, 5.41) is 11.1. The number of halogens is 3. The van der Waals surface area contributed by atoms with Gasteiger partial charge in [-0.1, -0.05) is 39.7 Å². The van der Waals surface area contributed by atoms with Crippen LogP contribution in [0.4, 0.5) is 0 Å². The molecule has 1 unspecified atom stereocenters. The Labute approximate surface area is 139 Å². The quantitative estimate of drug-likeness (QED) is 0.677. The zero-order chi connectivity index (χ0) is 14.0. The van der Waals surface area contributed by atoms with Crippen molar-refractivity contribution in [3.05, 3.63) is 60.6 Å². The predicted octanol–water partition coefficient (Wildman–Crippen LogP) is 4.80. The summed E-state index contributed by atoms with van der Waals surface area (Å²) in [6, 6.07) is 11.0. The van der Waals surface area contributed by atoms with Gasteiger partial charge in [0.2, 0.25) is 0 Å². The zero-order valence-corrected chi connectivity index (χ0v) is 14.5. The molecule has 0 amide bonds. The Hall–Kier alpha value is -0.300. The van der Waals surface area contributed by atoms with Gasteiger partial charge < -0.3 is 9.84 Å². The summed E-state index contributed by atoms with van der Waals surface area (Å²) in [6.45, 7) is 0. The zero-order valence-electron chi connectivity index (χ0n) is 10.0. The van der Waals surface area contributed by atoms with Crippen molar-refractivity contribution in [2.75, 3.05) is 7.11 Å². The highest BCUT2D eigenvalue weighted by Gasteiger charge is 2.15. The summed E-state index contributed by atoms with van der Waals surface area (Å²) < 4.78 is 6.90. The topological polar surface area (TPSA) is 29.5 Å². The van der Waals surface area contributed by atoms with E-state index < -0.39 is 6.10 Å². The first kappa shape index (κ1) is 15.1. The molecule has 5 heteroatoms. The summed E-state index contributed by atoms with van der Waals surface area (Å²) >= 11 is 11.7. The molecule has 0 aliphatic carbocycles. The lowest BCUT2D eigenvalue weighted by molar-refractivity contribution is 0.219. The number of ether oxygens (including phenoxy) is 1. The fourth-order valence-electron chi connectivity index (χ4n) is 1.72. The van der Waals surface area contributed by atoms with Crippen LogP contribution in [0, 0.1) is 3.57 Å². The smallest absolute Gasteiger partial charge is 0.120 e. The van der Waals surface area contributed by atoms with Crippen LogP contribution in [0.15, 0.2) is 40.9 Å². The van der Waals surface area contributed by atoms with Gasteiger partial charge in [-0.15, -0.1) is 0 Å². The van der Waals surface area contributed by atoms with Crippen molar-refractivity contribution in [3.8, 4) is 5.75 Å². The highest BCUT2D eigenvalue weighted by molar-refractivity contribution is 14.1. The normalized spacial score (nSPS) is 12.3. The molecule has 0 fully saturated rings. The summed E-state index contributed by atoms with van der Waals surface area (Å²) in [4.78, 5) is 0. The van der Waals surface area contributed by atoms with Crippen LogP contribution >= 0.6 is 50.1 Å². The Balaban J connectivity index is 2.38. The molecule has 2 aromatic carbocycles. The van der Waals surface area contributed by atoms with Crippen LogP contribution in [-0.2, 0) is 0 Å². The largest absolute Gasteiger partial charge is 0.497 e. The van der Waals surface area contributed by atoms with Gasteiger partial charge in [0, 0.05) is 8.04 Å². The first-order valence-electron chi connectivity index (χ1n) is 5.49. The molecule has 2 nitrogen and oxygen atoms in total. The number of benzene rings is 2. The molecule has 0 spiro atoms. The van der Waals surface area contributed by atoms with E-state index in [1.54, 1.807) is 13.2 Å². The standard InChI is InChI=1S/C14H11BrClIO2/c1-19-9-3-4-10(11(15)7-9)14(18)8-2-5-13(17)12(16)6-8/h2-7,14,18H,1H3. The van der Waals surface area contributed by atoms with Crippen molar-refractivity contribution in [2.45, 2.75) is 6.10 Å². The minimum Gasteiger partial charge on any atom is -0.497 e. The second-order valence-corrected chi connectivity index (χ2v) is 6.39.